The summed E-state index contributed by atoms with van der Waals surface area (Å²) < 4.78 is 41.0. The van der Waals surface area contributed by atoms with Crippen LogP contribution in [0.4, 0.5) is 0 Å². The summed E-state index contributed by atoms with van der Waals surface area (Å²) in [5, 5.41) is 0.768. The van der Waals surface area contributed by atoms with Crippen LogP contribution in [0.15, 0.2) is 0 Å². The van der Waals surface area contributed by atoms with Gasteiger partial charge >= 0.3 is 5.97 Å². The lowest BCUT2D eigenvalue weighted by atomic mass is 9.91. The van der Waals surface area contributed by atoms with E-state index in [9.17, 15) is 4.79 Å². The van der Waals surface area contributed by atoms with Gasteiger partial charge in [-0.25, -0.2) is 0 Å². The van der Waals surface area contributed by atoms with Crippen molar-refractivity contribution in [2.24, 2.45) is 41.4 Å². The minimum atomic E-state index is -0.125. The molecule has 0 aromatic rings. The molecule has 1 saturated heterocycles. The third-order valence-corrected chi connectivity index (χ3v) is 17.2. The Labute approximate surface area is 430 Å². The Morgan fingerprint density at radius 3 is 1.35 bits per heavy atom. The van der Waals surface area contributed by atoms with Crippen molar-refractivity contribution in [3.05, 3.63) is 0 Å². The average Bonchev–Trinajstić information content (AvgIpc) is 3.83. The first-order chi connectivity index (χ1) is 33.0. The van der Waals surface area contributed by atoms with E-state index in [2.05, 4.69) is 62.3 Å². The van der Waals surface area contributed by atoms with Gasteiger partial charge in [0, 0.05) is 30.6 Å². The van der Waals surface area contributed by atoms with E-state index in [0.29, 0.717) is 84.3 Å². The molecule has 0 amide bonds. The van der Waals surface area contributed by atoms with E-state index < -0.39 is 0 Å². The molecular formula is C58H114O8S2. The van der Waals surface area contributed by atoms with Crippen molar-refractivity contribution in [1.82, 2.24) is 0 Å². The molecule has 1 aliphatic rings. The molecule has 1 heterocycles. The highest BCUT2D eigenvalue weighted by molar-refractivity contribution is 8.77. The maximum atomic E-state index is 12.0. The number of unbranched alkanes of at least 4 members (excludes halogenated alkanes) is 3. The Balaban J connectivity index is 2.26. The first-order valence-electron chi connectivity index (χ1n) is 28.9. The topological polar surface area (TPSA) is 81.7 Å². The lowest BCUT2D eigenvalue weighted by Gasteiger charge is -2.21. The highest BCUT2D eigenvalue weighted by atomic mass is 33.1. The fourth-order valence-electron chi connectivity index (χ4n) is 9.19. The molecule has 0 aromatic heterocycles. The van der Waals surface area contributed by atoms with Gasteiger partial charge in [0.25, 0.3) is 0 Å². The molecule has 0 spiro atoms. The second-order valence-electron chi connectivity index (χ2n) is 22.0. The molecule has 0 aliphatic carbocycles. The van der Waals surface area contributed by atoms with E-state index in [1.165, 1.54) is 141 Å². The minimum Gasteiger partial charge on any atom is -0.463 e. The Morgan fingerprint density at radius 1 is 0.456 bits per heavy atom. The van der Waals surface area contributed by atoms with Crippen molar-refractivity contribution in [3.63, 3.8) is 0 Å². The number of carbonyl (C=O) groups excluding carboxylic acids is 1. The van der Waals surface area contributed by atoms with E-state index in [1.807, 2.05) is 21.6 Å². The summed E-state index contributed by atoms with van der Waals surface area (Å²) in [6, 6.07) is 0. The number of carbonyl (C=O) groups is 1. The first-order valence-corrected chi connectivity index (χ1v) is 31.3. The van der Waals surface area contributed by atoms with Crippen LogP contribution in [0.2, 0.25) is 0 Å². The van der Waals surface area contributed by atoms with Crippen LogP contribution in [0.3, 0.4) is 0 Å². The van der Waals surface area contributed by atoms with Crippen LogP contribution in [0, 0.1) is 41.4 Å². The van der Waals surface area contributed by atoms with Gasteiger partial charge < -0.3 is 33.2 Å². The molecule has 0 aromatic carbocycles. The second kappa shape index (κ2) is 47.9. The fourth-order valence-corrected chi connectivity index (χ4v) is 12.2. The molecule has 406 valence electrons. The van der Waals surface area contributed by atoms with Crippen molar-refractivity contribution < 1.29 is 38.0 Å². The lowest BCUT2D eigenvalue weighted by molar-refractivity contribution is -0.145. The van der Waals surface area contributed by atoms with Crippen LogP contribution >= 0.6 is 21.6 Å². The van der Waals surface area contributed by atoms with Crippen molar-refractivity contribution in [2.75, 3.05) is 85.0 Å². The highest BCUT2D eigenvalue weighted by Crippen LogP contribution is 2.40. The third kappa shape index (κ3) is 44.6. The number of hydrogen-bond donors (Lipinski definition) is 0. The van der Waals surface area contributed by atoms with Crippen LogP contribution in [0.5, 0.6) is 0 Å². The number of ether oxygens (including phenoxy) is 7. The summed E-state index contributed by atoms with van der Waals surface area (Å²) in [5.41, 5.74) is 0. The maximum Gasteiger partial charge on any atom is 0.305 e. The van der Waals surface area contributed by atoms with Gasteiger partial charge in [0.1, 0.15) is 12.7 Å². The number of rotatable bonds is 52. The molecule has 8 unspecified atom stereocenters. The quantitative estimate of drug-likeness (QED) is 0.0334. The summed E-state index contributed by atoms with van der Waals surface area (Å²) in [5.74, 6) is 6.73. The average molecular weight is 1000 g/mol. The predicted octanol–water partition coefficient (Wildman–Crippen LogP) is 16.4. The monoisotopic (exact) mass is 1000 g/mol. The number of esters is 1. The van der Waals surface area contributed by atoms with Gasteiger partial charge in [0.05, 0.1) is 59.5 Å². The van der Waals surface area contributed by atoms with Crippen LogP contribution < -0.4 is 0 Å². The Morgan fingerprint density at radius 2 is 0.882 bits per heavy atom. The van der Waals surface area contributed by atoms with Gasteiger partial charge in [-0.1, -0.05) is 212 Å². The molecule has 0 N–H and O–H groups in total. The maximum absolute atomic E-state index is 12.0. The molecule has 10 heteroatoms. The van der Waals surface area contributed by atoms with Crippen molar-refractivity contribution >= 4 is 27.6 Å². The fraction of sp³-hybridized carbons (Fsp3) is 0.983. The molecule has 0 saturated carbocycles. The van der Waals surface area contributed by atoms with Crippen molar-refractivity contribution in [1.29, 1.82) is 0 Å². The van der Waals surface area contributed by atoms with E-state index in [0.717, 1.165) is 73.7 Å². The summed E-state index contributed by atoms with van der Waals surface area (Å²) in [6.07, 6.45) is 33.0. The molecule has 8 nitrogen and oxygen atoms in total. The summed E-state index contributed by atoms with van der Waals surface area (Å²) in [4.78, 5) is 12.0. The summed E-state index contributed by atoms with van der Waals surface area (Å²) in [6.45, 7) is 27.9. The zero-order valence-corrected chi connectivity index (χ0v) is 48.0. The van der Waals surface area contributed by atoms with Gasteiger partial charge in [-0.15, -0.1) is 0 Å². The molecule has 0 radical (unpaired) electrons. The molecule has 0 bridgehead atoms. The van der Waals surface area contributed by atoms with Crippen LogP contribution in [0.1, 0.15) is 229 Å². The number of hydrogen-bond acceptors (Lipinski definition) is 10. The van der Waals surface area contributed by atoms with Gasteiger partial charge in [-0.2, -0.15) is 0 Å². The normalized spacial score (nSPS) is 17.4. The Hall–Kier alpha value is -0.0700. The minimum absolute atomic E-state index is 0.0720. The van der Waals surface area contributed by atoms with E-state index in [1.54, 1.807) is 0 Å². The van der Waals surface area contributed by atoms with E-state index in [4.69, 9.17) is 33.2 Å². The van der Waals surface area contributed by atoms with Crippen LogP contribution in [-0.4, -0.2) is 102 Å². The molecule has 1 rings (SSSR count). The molecule has 1 fully saturated rings. The highest BCUT2D eigenvalue weighted by Gasteiger charge is 2.17. The lowest BCUT2D eigenvalue weighted by Crippen LogP contribution is -2.28. The molecular weight excluding hydrogens is 889 g/mol. The SMILES string of the molecule is CCCCCC(C)CCCC(C)CCCC(C)CCOCC(COCCOCCOCCOCCOC(=O)CCCCC1CCSS1)OCCC(C)CCCC(C)CCCC(C)CCCC(C)C. The van der Waals surface area contributed by atoms with Crippen molar-refractivity contribution in [3.8, 4) is 0 Å². The van der Waals surface area contributed by atoms with Gasteiger partial charge in [0.15, 0.2) is 0 Å². The molecule has 8 atom stereocenters. The third-order valence-electron chi connectivity index (χ3n) is 14.2. The molecule has 68 heavy (non-hydrogen) atoms. The Kier molecular flexibility index (Phi) is 46.5. The van der Waals surface area contributed by atoms with Gasteiger partial charge in [-0.3, -0.25) is 4.79 Å². The Bertz CT molecular complexity index is 1060. The molecule has 1 aliphatic heterocycles. The van der Waals surface area contributed by atoms with Gasteiger partial charge in [0.2, 0.25) is 0 Å². The van der Waals surface area contributed by atoms with Crippen LogP contribution in [0.25, 0.3) is 0 Å². The summed E-state index contributed by atoms with van der Waals surface area (Å²) in [7, 11) is 3.97. The smallest absolute Gasteiger partial charge is 0.305 e. The largest absolute Gasteiger partial charge is 0.463 e. The zero-order valence-electron chi connectivity index (χ0n) is 46.4. The summed E-state index contributed by atoms with van der Waals surface area (Å²) >= 11 is 0. The van der Waals surface area contributed by atoms with Crippen molar-refractivity contribution in [2.45, 2.75) is 241 Å². The zero-order chi connectivity index (χ0) is 49.7. The first kappa shape index (κ1) is 65.9. The van der Waals surface area contributed by atoms with Crippen LogP contribution in [-0.2, 0) is 38.0 Å². The second-order valence-corrected chi connectivity index (χ2v) is 24.8. The van der Waals surface area contributed by atoms with E-state index >= 15 is 0 Å². The standard InChI is InChI=1S/C58H114O8S2/c1-10-11-12-21-50(4)23-16-25-52(6)27-18-29-54(8)33-36-63-47-56(65-37-34-55(9)30-19-28-53(7)26-17-24-51(5)22-15-20-49(2)3)48-64-43-42-61-39-38-60-40-41-62-44-45-66-58(59)32-14-13-31-57-35-46-67-68-57/h49-57H,10-48H2,1-9H3. The van der Waals surface area contributed by atoms with E-state index in [-0.39, 0.29) is 12.1 Å². The van der Waals surface area contributed by atoms with Gasteiger partial charge in [-0.05, 0) is 73.5 Å². The predicted molar refractivity (Wildman–Crippen MR) is 294 cm³/mol.